The second kappa shape index (κ2) is 7.21. The molecule has 0 amide bonds. The maximum absolute atomic E-state index is 6.11. The van der Waals surface area contributed by atoms with Crippen LogP contribution in [-0.2, 0) is 4.74 Å². The molecule has 20 heavy (non-hydrogen) atoms. The van der Waals surface area contributed by atoms with Crippen LogP contribution in [0.15, 0.2) is 0 Å². The lowest BCUT2D eigenvalue weighted by molar-refractivity contribution is -0.0351. The van der Waals surface area contributed by atoms with Crippen molar-refractivity contribution >= 4 is 0 Å². The standard InChI is InChI=1S/C16H33N3O/c1-4-5-14(12-17)19-10-8-18(9-11-19)13-15-6-7-16(2,3)20-15/h14-15H,4-13,17H2,1-3H3. The smallest absolute Gasteiger partial charge is 0.0710 e. The van der Waals surface area contributed by atoms with Gasteiger partial charge in [0.2, 0.25) is 0 Å². The van der Waals surface area contributed by atoms with E-state index in [1.807, 2.05) is 0 Å². The SMILES string of the molecule is CCCC(CN)N1CCN(CC2CCC(C)(C)O2)CC1. The Labute approximate surface area is 124 Å². The summed E-state index contributed by atoms with van der Waals surface area (Å²) >= 11 is 0. The van der Waals surface area contributed by atoms with Crippen LogP contribution in [0.1, 0.15) is 46.5 Å². The predicted octanol–water partition coefficient (Wildman–Crippen LogP) is 1.69. The summed E-state index contributed by atoms with van der Waals surface area (Å²) in [6.07, 6.45) is 5.32. The maximum Gasteiger partial charge on any atom is 0.0710 e. The van der Waals surface area contributed by atoms with Gasteiger partial charge in [-0.15, -0.1) is 0 Å². The van der Waals surface area contributed by atoms with E-state index in [0.717, 1.165) is 26.2 Å². The van der Waals surface area contributed by atoms with E-state index in [1.165, 1.54) is 38.8 Å². The zero-order chi connectivity index (χ0) is 14.6. The molecule has 4 nitrogen and oxygen atoms in total. The number of hydrogen-bond acceptors (Lipinski definition) is 4. The van der Waals surface area contributed by atoms with E-state index in [2.05, 4.69) is 30.6 Å². The van der Waals surface area contributed by atoms with Crippen molar-refractivity contribution in [2.24, 2.45) is 5.73 Å². The second-order valence-corrected chi connectivity index (χ2v) is 7.05. The van der Waals surface area contributed by atoms with Crippen molar-refractivity contribution in [3.63, 3.8) is 0 Å². The molecule has 0 bridgehead atoms. The van der Waals surface area contributed by atoms with Crippen molar-refractivity contribution in [3.8, 4) is 0 Å². The average Bonchev–Trinajstić information content (AvgIpc) is 2.76. The minimum Gasteiger partial charge on any atom is -0.371 e. The van der Waals surface area contributed by atoms with Crippen LogP contribution in [0.5, 0.6) is 0 Å². The third-order valence-corrected chi connectivity index (χ3v) is 4.83. The number of rotatable bonds is 6. The van der Waals surface area contributed by atoms with Crippen molar-refractivity contribution in [1.29, 1.82) is 0 Å². The largest absolute Gasteiger partial charge is 0.371 e. The summed E-state index contributed by atoms with van der Waals surface area (Å²) in [7, 11) is 0. The molecule has 2 fully saturated rings. The van der Waals surface area contributed by atoms with Crippen LogP contribution < -0.4 is 5.73 Å². The molecular formula is C16H33N3O. The molecule has 0 aromatic heterocycles. The van der Waals surface area contributed by atoms with Gasteiger partial charge < -0.3 is 10.5 Å². The van der Waals surface area contributed by atoms with Crippen LogP contribution in [0.4, 0.5) is 0 Å². The highest BCUT2D eigenvalue weighted by molar-refractivity contribution is 4.85. The molecule has 2 N–H and O–H groups in total. The van der Waals surface area contributed by atoms with Crippen LogP contribution in [0.3, 0.4) is 0 Å². The molecule has 2 heterocycles. The van der Waals surface area contributed by atoms with E-state index in [1.54, 1.807) is 0 Å². The fourth-order valence-corrected chi connectivity index (χ4v) is 3.59. The van der Waals surface area contributed by atoms with Crippen molar-refractivity contribution in [2.75, 3.05) is 39.3 Å². The van der Waals surface area contributed by atoms with Gasteiger partial charge in [-0.2, -0.15) is 0 Å². The van der Waals surface area contributed by atoms with E-state index in [-0.39, 0.29) is 5.60 Å². The molecule has 0 aromatic carbocycles. The van der Waals surface area contributed by atoms with Gasteiger partial charge in [0.25, 0.3) is 0 Å². The van der Waals surface area contributed by atoms with Gasteiger partial charge in [-0.05, 0) is 33.1 Å². The summed E-state index contributed by atoms with van der Waals surface area (Å²) in [6.45, 7) is 13.2. The molecule has 0 spiro atoms. The Bertz CT molecular complexity index is 287. The summed E-state index contributed by atoms with van der Waals surface area (Å²) in [5.41, 5.74) is 6.01. The van der Waals surface area contributed by atoms with Crippen molar-refractivity contribution in [2.45, 2.75) is 64.2 Å². The second-order valence-electron chi connectivity index (χ2n) is 7.05. The minimum absolute atomic E-state index is 0.0955. The number of piperazine rings is 1. The summed E-state index contributed by atoms with van der Waals surface area (Å²) in [5, 5.41) is 0. The molecule has 0 saturated carbocycles. The Morgan fingerprint density at radius 1 is 1.25 bits per heavy atom. The van der Waals surface area contributed by atoms with Crippen LogP contribution in [0.25, 0.3) is 0 Å². The molecule has 2 atom stereocenters. The molecule has 0 aliphatic carbocycles. The monoisotopic (exact) mass is 283 g/mol. The minimum atomic E-state index is 0.0955. The van der Waals surface area contributed by atoms with E-state index < -0.39 is 0 Å². The highest BCUT2D eigenvalue weighted by Gasteiger charge is 2.33. The van der Waals surface area contributed by atoms with Crippen molar-refractivity contribution in [1.82, 2.24) is 9.80 Å². The molecule has 118 valence electrons. The van der Waals surface area contributed by atoms with Crippen LogP contribution in [0, 0.1) is 0 Å². The van der Waals surface area contributed by atoms with Gasteiger partial charge in [0.1, 0.15) is 0 Å². The van der Waals surface area contributed by atoms with Crippen LogP contribution >= 0.6 is 0 Å². The Kier molecular flexibility index (Phi) is 5.84. The first-order valence-electron chi connectivity index (χ1n) is 8.38. The van der Waals surface area contributed by atoms with E-state index in [4.69, 9.17) is 10.5 Å². The first kappa shape index (κ1) is 16.2. The first-order chi connectivity index (χ1) is 9.54. The van der Waals surface area contributed by atoms with E-state index >= 15 is 0 Å². The molecule has 2 aliphatic rings. The van der Waals surface area contributed by atoms with Gasteiger partial charge >= 0.3 is 0 Å². The van der Waals surface area contributed by atoms with Crippen molar-refractivity contribution in [3.05, 3.63) is 0 Å². The number of nitrogens with two attached hydrogens (primary N) is 1. The van der Waals surface area contributed by atoms with Crippen molar-refractivity contribution < 1.29 is 4.74 Å². The first-order valence-corrected chi connectivity index (χ1v) is 8.38. The lowest BCUT2D eigenvalue weighted by Gasteiger charge is -2.39. The Morgan fingerprint density at radius 2 is 1.95 bits per heavy atom. The molecule has 2 saturated heterocycles. The summed E-state index contributed by atoms with van der Waals surface area (Å²) < 4.78 is 6.11. The summed E-state index contributed by atoms with van der Waals surface area (Å²) in [6, 6.07) is 0.587. The third kappa shape index (κ3) is 4.42. The van der Waals surface area contributed by atoms with Gasteiger partial charge in [-0.3, -0.25) is 9.80 Å². The van der Waals surface area contributed by atoms with E-state index in [9.17, 15) is 0 Å². The van der Waals surface area contributed by atoms with Gasteiger partial charge in [0.05, 0.1) is 11.7 Å². The fraction of sp³-hybridized carbons (Fsp3) is 1.00. The average molecular weight is 283 g/mol. The highest BCUT2D eigenvalue weighted by atomic mass is 16.5. The molecular weight excluding hydrogens is 250 g/mol. The number of hydrogen-bond donors (Lipinski definition) is 1. The van der Waals surface area contributed by atoms with Gasteiger partial charge in [-0.25, -0.2) is 0 Å². The summed E-state index contributed by atoms with van der Waals surface area (Å²) in [5.74, 6) is 0. The maximum atomic E-state index is 6.11. The van der Waals surface area contributed by atoms with Crippen LogP contribution in [0.2, 0.25) is 0 Å². The Morgan fingerprint density at radius 3 is 2.45 bits per heavy atom. The molecule has 0 radical (unpaired) electrons. The fourth-order valence-electron chi connectivity index (χ4n) is 3.59. The summed E-state index contributed by atoms with van der Waals surface area (Å²) in [4.78, 5) is 5.15. The highest BCUT2D eigenvalue weighted by Crippen LogP contribution is 2.29. The van der Waals surface area contributed by atoms with Gasteiger partial charge in [-0.1, -0.05) is 13.3 Å². The van der Waals surface area contributed by atoms with Gasteiger partial charge in [0, 0.05) is 45.3 Å². The molecule has 2 unspecified atom stereocenters. The van der Waals surface area contributed by atoms with Crippen LogP contribution in [-0.4, -0.2) is 66.8 Å². The zero-order valence-electron chi connectivity index (χ0n) is 13.6. The molecule has 0 aromatic rings. The quantitative estimate of drug-likeness (QED) is 0.805. The number of nitrogens with zero attached hydrogens (tertiary/aromatic N) is 2. The predicted molar refractivity (Wildman–Crippen MR) is 83.9 cm³/mol. The molecule has 4 heteroatoms. The Balaban J connectivity index is 1.71. The lowest BCUT2D eigenvalue weighted by atomic mass is 10.1. The van der Waals surface area contributed by atoms with E-state index in [0.29, 0.717) is 12.1 Å². The third-order valence-electron chi connectivity index (χ3n) is 4.83. The zero-order valence-corrected chi connectivity index (χ0v) is 13.6. The lowest BCUT2D eigenvalue weighted by Crippen LogP contribution is -2.53. The number of ether oxygens (including phenoxy) is 1. The van der Waals surface area contributed by atoms with Gasteiger partial charge in [0.15, 0.2) is 0 Å². The normalized spacial score (nSPS) is 29.7. The topological polar surface area (TPSA) is 41.7 Å². The molecule has 2 aliphatic heterocycles. The Hall–Kier alpha value is -0.160. The molecule has 2 rings (SSSR count).